The van der Waals surface area contributed by atoms with Crippen LogP contribution in [0.4, 0.5) is 17.1 Å². The number of benzene rings is 2. The highest BCUT2D eigenvalue weighted by molar-refractivity contribution is 5.61. The summed E-state index contributed by atoms with van der Waals surface area (Å²) in [5.74, 6) is 0.717. The van der Waals surface area contributed by atoms with Crippen molar-refractivity contribution in [3.63, 3.8) is 0 Å². The second-order valence-electron chi connectivity index (χ2n) is 4.40. The highest BCUT2D eigenvalue weighted by Gasteiger charge is 2.15. The molecule has 120 valence electrons. The Hall–Kier alpha value is -3.16. The van der Waals surface area contributed by atoms with Gasteiger partial charge in [0.25, 0.3) is 5.69 Å². The molecule has 0 saturated carbocycles. The number of ether oxygens (including phenoxy) is 2. The van der Waals surface area contributed by atoms with Gasteiger partial charge in [-0.05, 0) is 31.2 Å². The lowest BCUT2D eigenvalue weighted by Crippen LogP contribution is -1.90. The minimum Gasteiger partial charge on any atom is -0.505 e. The topological polar surface area (TPSA) is 107 Å². The molecule has 0 aromatic heterocycles. The summed E-state index contributed by atoms with van der Waals surface area (Å²) in [6, 6.07) is 8.76. The van der Waals surface area contributed by atoms with E-state index in [1.54, 1.807) is 12.1 Å². The molecule has 0 aliphatic heterocycles. The summed E-state index contributed by atoms with van der Waals surface area (Å²) >= 11 is 0. The van der Waals surface area contributed by atoms with Crippen molar-refractivity contribution >= 4 is 17.1 Å². The van der Waals surface area contributed by atoms with Gasteiger partial charge in [0.05, 0.1) is 24.7 Å². The number of azo groups is 1. The minimum atomic E-state index is -0.574. The van der Waals surface area contributed by atoms with E-state index >= 15 is 0 Å². The Labute approximate surface area is 132 Å². The van der Waals surface area contributed by atoms with Gasteiger partial charge >= 0.3 is 0 Å². The highest BCUT2D eigenvalue weighted by atomic mass is 16.6. The van der Waals surface area contributed by atoms with Crippen LogP contribution in [-0.4, -0.2) is 23.7 Å². The largest absolute Gasteiger partial charge is 0.505 e. The molecule has 0 heterocycles. The molecule has 8 heteroatoms. The van der Waals surface area contributed by atoms with Crippen LogP contribution in [0.5, 0.6) is 17.2 Å². The molecule has 2 aromatic carbocycles. The molecule has 2 aromatic rings. The molecule has 0 fully saturated rings. The Balaban J connectivity index is 2.31. The Morgan fingerprint density at radius 1 is 1.13 bits per heavy atom. The smallest absolute Gasteiger partial charge is 0.300 e. The standard InChI is InChI=1S/C15H15N3O5/c1-3-23-11-5-7-13(15(19)9-11)17-16-12-6-4-10(22-2)8-14(12)18(20)21/h4-9,19H,3H2,1-2H3. The third-order valence-electron chi connectivity index (χ3n) is 2.90. The molecular formula is C15H15N3O5. The van der Waals surface area contributed by atoms with E-state index in [0.717, 1.165) is 0 Å². The summed E-state index contributed by atoms with van der Waals surface area (Å²) in [5.41, 5.74) is 0.00109. The number of aromatic hydroxyl groups is 1. The quantitative estimate of drug-likeness (QED) is 0.490. The van der Waals surface area contributed by atoms with Crippen LogP contribution in [0.1, 0.15) is 6.92 Å². The van der Waals surface area contributed by atoms with Crippen molar-refractivity contribution in [3.05, 3.63) is 46.5 Å². The molecule has 0 spiro atoms. The van der Waals surface area contributed by atoms with E-state index in [4.69, 9.17) is 9.47 Å². The van der Waals surface area contributed by atoms with Gasteiger partial charge in [-0.3, -0.25) is 10.1 Å². The SMILES string of the molecule is CCOc1ccc(N=Nc2ccc(OC)cc2[N+](=O)[O-])c(O)c1. The first-order chi connectivity index (χ1) is 11.0. The van der Waals surface area contributed by atoms with Gasteiger partial charge in [0, 0.05) is 6.07 Å². The van der Waals surface area contributed by atoms with Gasteiger partial charge in [-0.2, -0.15) is 0 Å². The average molecular weight is 317 g/mol. The lowest BCUT2D eigenvalue weighted by molar-refractivity contribution is -0.384. The number of hydrogen-bond donors (Lipinski definition) is 1. The first kappa shape index (κ1) is 16.2. The predicted molar refractivity (Wildman–Crippen MR) is 83.1 cm³/mol. The molecule has 0 unspecified atom stereocenters. The summed E-state index contributed by atoms with van der Waals surface area (Å²) in [6.45, 7) is 2.30. The van der Waals surface area contributed by atoms with Crippen LogP contribution in [0, 0.1) is 10.1 Å². The van der Waals surface area contributed by atoms with E-state index in [2.05, 4.69) is 10.2 Å². The normalized spacial score (nSPS) is 10.7. The summed E-state index contributed by atoms with van der Waals surface area (Å²) in [5, 5.41) is 28.6. The second-order valence-corrected chi connectivity index (χ2v) is 4.40. The molecular weight excluding hydrogens is 302 g/mol. The Morgan fingerprint density at radius 2 is 1.78 bits per heavy atom. The molecule has 0 aliphatic carbocycles. The number of rotatable bonds is 6. The third kappa shape index (κ3) is 3.94. The Bertz CT molecular complexity index is 746. The maximum atomic E-state index is 11.1. The number of methoxy groups -OCH3 is 1. The first-order valence-corrected chi connectivity index (χ1v) is 6.75. The summed E-state index contributed by atoms with van der Waals surface area (Å²) in [6.07, 6.45) is 0. The second kappa shape index (κ2) is 7.21. The maximum Gasteiger partial charge on any atom is 0.300 e. The van der Waals surface area contributed by atoms with Crippen LogP contribution in [-0.2, 0) is 0 Å². The van der Waals surface area contributed by atoms with E-state index < -0.39 is 4.92 Å². The molecule has 2 rings (SSSR count). The van der Waals surface area contributed by atoms with Gasteiger partial charge in [-0.25, -0.2) is 0 Å². The van der Waals surface area contributed by atoms with Gasteiger partial charge in [0.2, 0.25) is 0 Å². The van der Waals surface area contributed by atoms with Gasteiger partial charge < -0.3 is 14.6 Å². The van der Waals surface area contributed by atoms with Crippen LogP contribution in [0.2, 0.25) is 0 Å². The zero-order chi connectivity index (χ0) is 16.8. The van der Waals surface area contributed by atoms with E-state index in [1.165, 1.54) is 31.4 Å². The van der Waals surface area contributed by atoms with Crippen molar-refractivity contribution in [3.8, 4) is 17.2 Å². The fraction of sp³-hybridized carbons (Fsp3) is 0.200. The Morgan fingerprint density at radius 3 is 2.39 bits per heavy atom. The molecule has 1 N–H and O–H groups in total. The maximum absolute atomic E-state index is 11.1. The van der Waals surface area contributed by atoms with E-state index in [0.29, 0.717) is 18.1 Å². The number of nitro benzene ring substituents is 1. The summed E-state index contributed by atoms with van der Waals surface area (Å²) < 4.78 is 10.2. The van der Waals surface area contributed by atoms with Gasteiger partial charge in [0.15, 0.2) is 5.69 Å². The van der Waals surface area contributed by atoms with Crippen LogP contribution in [0.15, 0.2) is 46.6 Å². The summed E-state index contributed by atoms with van der Waals surface area (Å²) in [7, 11) is 1.41. The zero-order valence-corrected chi connectivity index (χ0v) is 12.6. The highest BCUT2D eigenvalue weighted by Crippen LogP contribution is 2.35. The molecule has 0 atom stereocenters. The van der Waals surface area contributed by atoms with Gasteiger partial charge in [-0.15, -0.1) is 10.2 Å². The average Bonchev–Trinajstić information content (AvgIpc) is 2.54. The van der Waals surface area contributed by atoms with Crippen molar-refractivity contribution in [1.82, 2.24) is 0 Å². The number of hydrogen-bond acceptors (Lipinski definition) is 7. The fourth-order valence-corrected chi connectivity index (χ4v) is 1.81. The van der Waals surface area contributed by atoms with Gasteiger partial charge in [0.1, 0.15) is 22.9 Å². The third-order valence-corrected chi connectivity index (χ3v) is 2.90. The number of nitrogens with zero attached hydrogens (tertiary/aromatic N) is 3. The molecule has 0 aliphatic rings. The first-order valence-electron chi connectivity index (χ1n) is 6.75. The predicted octanol–water partition coefficient (Wildman–Crippen LogP) is 4.12. The molecule has 0 radical (unpaired) electrons. The fourth-order valence-electron chi connectivity index (χ4n) is 1.81. The van der Waals surface area contributed by atoms with Crippen molar-refractivity contribution in [2.75, 3.05) is 13.7 Å². The molecule has 8 nitrogen and oxygen atoms in total. The van der Waals surface area contributed by atoms with Gasteiger partial charge in [-0.1, -0.05) is 0 Å². The monoisotopic (exact) mass is 317 g/mol. The van der Waals surface area contributed by atoms with Crippen molar-refractivity contribution < 1.29 is 19.5 Å². The van der Waals surface area contributed by atoms with Crippen LogP contribution in [0.3, 0.4) is 0 Å². The van der Waals surface area contributed by atoms with Crippen LogP contribution >= 0.6 is 0 Å². The van der Waals surface area contributed by atoms with Crippen molar-refractivity contribution in [2.24, 2.45) is 10.2 Å². The summed E-state index contributed by atoms with van der Waals surface area (Å²) in [4.78, 5) is 10.5. The van der Waals surface area contributed by atoms with E-state index in [1.807, 2.05) is 6.92 Å². The van der Waals surface area contributed by atoms with E-state index in [9.17, 15) is 15.2 Å². The molecule has 0 amide bonds. The van der Waals surface area contributed by atoms with Crippen LogP contribution in [0.25, 0.3) is 0 Å². The Kier molecular flexibility index (Phi) is 5.08. The number of phenols is 1. The molecule has 23 heavy (non-hydrogen) atoms. The number of nitro groups is 1. The lowest BCUT2D eigenvalue weighted by atomic mass is 10.2. The van der Waals surface area contributed by atoms with E-state index in [-0.39, 0.29) is 22.8 Å². The molecule has 0 saturated heterocycles. The van der Waals surface area contributed by atoms with Crippen molar-refractivity contribution in [1.29, 1.82) is 0 Å². The molecule has 0 bridgehead atoms. The minimum absolute atomic E-state index is 0.0593. The lowest BCUT2D eigenvalue weighted by Gasteiger charge is -2.04. The number of phenolic OH excluding ortho intramolecular Hbond substituents is 1. The van der Waals surface area contributed by atoms with Crippen LogP contribution < -0.4 is 9.47 Å². The zero-order valence-electron chi connectivity index (χ0n) is 12.6. The van der Waals surface area contributed by atoms with Crippen molar-refractivity contribution in [2.45, 2.75) is 6.92 Å².